The third kappa shape index (κ3) is 2.39. The Hall–Kier alpha value is -2.91. The number of carbonyl (C=O) groups is 1. The van der Waals surface area contributed by atoms with Crippen molar-refractivity contribution in [1.29, 1.82) is 0 Å². The second kappa shape index (κ2) is 5.95. The number of carbonyl (C=O) groups excluding carboxylic acids is 1. The van der Waals surface area contributed by atoms with Crippen molar-refractivity contribution in [2.45, 2.75) is 0 Å². The van der Waals surface area contributed by atoms with Crippen LogP contribution in [0.25, 0.3) is 25.1 Å². The molecule has 0 saturated carbocycles. The third-order valence-electron chi connectivity index (χ3n) is 3.95. The van der Waals surface area contributed by atoms with E-state index in [1.807, 2.05) is 24.3 Å². The van der Waals surface area contributed by atoms with Gasteiger partial charge in [-0.1, -0.05) is 30.8 Å². The van der Waals surface area contributed by atoms with E-state index >= 15 is 0 Å². The maximum absolute atomic E-state index is 11.3. The largest absolute Gasteiger partial charge is 0.423 e. The molecule has 0 amide bonds. The van der Waals surface area contributed by atoms with Crippen LogP contribution < -0.4 is 4.74 Å². The number of fused-ring (bicyclic) bond motifs is 3. The third-order valence-corrected chi connectivity index (χ3v) is 6.28. The number of benzene rings is 3. The summed E-state index contributed by atoms with van der Waals surface area (Å²) in [5.41, 5.74) is 0. The van der Waals surface area contributed by atoms with Gasteiger partial charge in [0.15, 0.2) is 14.3 Å². The zero-order chi connectivity index (χ0) is 16.5. The van der Waals surface area contributed by atoms with Crippen molar-refractivity contribution < 1.29 is 9.53 Å². The molecule has 0 aliphatic rings. The van der Waals surface area contributed by atoms with Gasteiger partial charge in [-0.05, 0) is 36.4 Å². The first kappa shape index (κ1) is 14.7. The first-order chi connectivity index (χ1) is 11.8. The second-order valence-electron chi connectivity index (χ2n) is 5.40. The summed E-state index contributed by atoms with van der Waals surface area (Å²) in [6.45, 7) is 3.41. The van der Waals surface area contributed by atoms with E-state index in [2.05, 4.69) is 55.1 Å². The van der Waals surface area contributed by atoms with Gasteiger partial charge in [-0.15, -0.1) is 0 Å². The number of esters is 1. The molecule has 0 fully saturated rings. The van der Waals surface area contributed by atoms with Crippen molar-refractivity contribution in [3.8, 4) is 10.6 Å². The molecule has 24 heavy (non-hydrogen) atoms. The van der Waals surface area contributed by atoms with E-state index in [0.717, 1.165) is 0 Å². The number of rotatable bonds is 3. The van der Waals surface area contributed by atoms with E-state index in [-0.39, 0.29) is 10.5 Å². The van der Waals surface area contributed by atoms with Crippen LogP contribution in [0.4, 0.5) is 0 Å². The Morgan fingerprint density at radius 3 is 1.92 bits per heavy atom. The van der Waals surface area contributed by atoms with E-state index in [1.165, 1.54) is 31.1 Å². The molecule has 0 aliphatic carbocycles. The van der Waals surface area contributed by atoms with Crippen LogP contribution in [-0.2, 0) is 4.79 Å². The Labute approximate surface area is 142 Å². The zero-order valence-electron chi connectivity index (χ0n) is 12.9. The van der Waals surface area contributed by atoms with Crippen molar-refractivity contribution >= 4 is 36.6 Å². The molecule has 116 valence electrons. The summed E-state index contributed by atoms with van der Waals surface area (Å²) in [6, 6.07) is 24.9. The minimum Gasteiger partial charge on any atom is -0.423 e. The van der Waals surface area contributed by atoms with Gasteiger partial charge >= 0.3 is 5.97 Å². The molecule has 4 aromatic rings. The highest BCUT2D eigenvalue weighted by Crippen LogP contribution is 2.48. The summed E-state index contributed by atoms with van der Waals surface area (Å²) in [5.74, 6) is 0.0924. The molecule has 0 unspecified atom stereocenters. The topological polar surface area (TPSA) is 26.3 Å². The Kier molecular flexibility index (Phi) is 3.63. The highest BCUT2D eigenvalue weighted by Gasteiger charge is 2.22. The predicted molar refractivity (Wildman–Crippen MR) is 101 cm³/mol. The summed E-state index contributed by atoms with van der Waals surface area (Å²) >= 11 is 0. The molecule has 4 rings (SSSR count). The molecule has 0 atom stereocenters. The Balaban J connectivity index is 1.89. The number of hydrogen-bond acceptors (Lipinski definition) is 2. The molecular formula is C21H15O2S+. The maximum atomic E-state index is 11.3. The van der Waals surface area contributed by atoms with Crippen LogP contribution >= 0.6 is 10.5 Å². The Bertz CT molecular complexity index is 1010. The maximum Gasteiger partial charge on any atom is 0.335 e. The van der Waals surface area contributed by atoms with Crippen LogP contribution in [0.15, 0.2) is 85.5 Å². The quantitative estimate of drug-likeness (QED) is 0.204. The lowest BCUT2D eigenvalue weighted by Crippen LogP contribution is -2.02. The van der Waals surface area contributed by atoms with Gasteiger partial charge in [-0.25, -0.2) is 4.79 Å². The van der Waals surface area contributed by atoms with Crippen LogP contribution in [0, 0.1) is 0 Å². The number of hydrogen-bond donors (Lipinski definition) is 0. The van der Waals surface area contributed by atoms with Crippen LogP contribution in [-0.4, -0.2) is 5.97 Å². The lowest BCUT2D eigenvalue weighted by molar-refractivity contribution is -0.128. The van der Waals surface area contributed by atoms with E-state index < -0.39 is 5.97 Å². The molecule has 2 nitrogen and oxygen atoms in total. The smallest absolute Gasteiger partial charge is 0.335 e. The fourth-order valence-corrected chi connectivity index (χ4v) is 5.29. The van der Waals surface area contributed by atoms with E-state index in [0.29, 0.717) is 5.75 Å². The minimum atomic E-state index is -0.443. The van der Waals surface area contributed by atoms with Crippen molar-refractivity contribution in [1.82, 2.24) is 0 Å². The summed E-state index contributed by atoms with van der Waals surface area (Å²) in [7, 11) is -0.124. The SMILES string of the molecule is C=CC(=O)Oc1ccc(-[s+]2c3ccccc3c3ccccc32)cc1. The van der Waals surface area contributed by atoms with Gasteiger partial charge in [0.2, 0.25) is 0 Å². The number of ether oxygens (including phenoxy) is 1. The fraction of sp³-hybridized carbons (Fsp3) is 0. The molecule has 1 heterocycles. The standard InChI is InChI=1S/C21H15O2S/c1-2-21(22)23-15-11-13-16(14-12-15)24-19-9-5-3-7-17(19)18-8-4-6-10-20(18)24/h2-14H,1H2/q+1. The average molecular weight is 331 g/mol. The molecule has 0 aliphatic heterocycles. The van der Waals surface area contributed by atoms with Gasteiger partial charge in [0.25, 0.3) is 0 Å². The molecular weight excluding hydrogens is 316 g/mol. The number of thiophene rings is 1. The van der Waals surface area contributed by atoms with Crippen molar-refractivity contribution in [2.24, 2.45) is 0 Å². The lowest BCUT2D eigenvalue weighted by atomic mass is 10.2. The van der Waals surface area contributed by atoms with Gasteiger partial charge in [0, 0.05) is 39.5 Å². The predicted octanol–water partition coefficient (Wildman–Crippen LogP) is 5.82. The van der Waals surface area contributed by atoms with Crippen LogP contribution in [0.3, 0.4) is 0 Å². The van der Waals surface area contributed by atoms with Crippen LogP contribution in [0.1, 0.15) is 0 Å². The van der Waals surface area contributed by atoms with Crippen molar-refractivity contribution in [2.75, 3.05) is 0 Å². The van der Waals surface area contributed by atoms with Gasteiger partial charge in [0.1, 0.15) is 5.75 Å². The monoisotopic (exact) mass is 331 g/mol. The lowest BCUT2D eigenvalue weighted by Gasteiger charge is -2.00. The summed E-state index contributed by atoms with van der Waals surface area (Å²) in [6.07, 6.45) is 1.17. The van der Waals surface area contributed by atoms with Gasteiger partial charge in [-0.2, -0.15) is 0 Å². The van der Waals surface area contributed by atoms with Gasteiger partial charge in [-0.3, -0.25) is 0 Å². The fourth-order valence-electron chi connectivity index (χ4n) is 2.91. The summed E-state index contributed by atoms with van der Waals surface area (Å²) < 4.78 is 7.85. The van der Waals surface area contributed by atoms with Crippen molar-refractivity contribution in [3.63, 3.8) is 0 Å². The Morgan fingerprint density at radius 1 is 0.833 bits per heavy atom. The molecule has 0 spiro atoms. The average Bonchev–Trinajstić information content (AvgIpc) is 2.97. The normalized spacial score (nSPS) is 10.8. The van der Waals surface area contributed by atoms with E-state index in [4.69, 9.17) is 4.74 Å². The van der Waals surface area contributed by atoms with Crippen molar-refractivity contribution in [3.05, 3.63) is 85.5 Å². The van der Waals surface area contributed by atoms with Crippen LogP contribution in [0.2, 0.25) is 0 Å². The second-order valence-corrected chi connectivity index (χ2v) is 7.36. The van der Waals surface area contributed by atoms with Gasteiger partial charge < -0.3 is 4.74 Å². The molecule has 3 aromatic carbocycles. The zero-order valence-corrected chi connectivity index (χ0v) is 13.8. The highest BCUT2D eigenvalue weighted by atomic mass is 32.2. The first-order valence-electron chi connectivity index (χ1n) is 7.65. The van der Waals surface area contributed by atoms with Gasteiger partial charge in [0.05, 0.1) is 0 Å². The molecule has 0 saturated heterocycles. The summed E-state index contributed by atoms with van der Waals surface area (Å²) in [5, 5.41) is 2.61. The highest BCUT2D eigenvalue weighted by molar-refractivity contribution is 7.50. The van der Waals surface area contributed by atoms with E-state index in [1.54, 1.807) is 0 Å². The van der Waals surface area contributed by atoms with Crippen LogP contribution in [0.5, 0.6) is 5.75 Å². The first-order valence-corrected chi connectivity index (χ1v) is 8.87. The van der Waals surface area contributed by atoms with E-state index in [9.17, 15) is 4.79 Å². The summed E-state index contributed by atoms with van der Waals surface area (Å²) in [4.78, 5) is 12.5. The minimum absolute atomic E-state index is 0.124. The molecule has 0 N–H and O–H groups in total. The Morgan fingerprint density at radius 2 is 1.38 bits per heavy atom. The molecule has 1 aromatic heterocycles. The molecule has 0 bridgehead atoms. The molecule has 0 radical (unpaired) electrons. The molecule has 3 heteroatoms.